The largest absolute Gasteiger partial charge is 0.352 e. The van der Waals surface area contributed by atoms with Gasteiger partial charge in [-0.25, -0.2) is 0 Å². The molecule has 1 aliphatic rings. The van der Waals surface area contributed by atoms with E-state index in [0.717, 1.165) is 25.8 Å². The molecule has 0 saturated carbocycles. The number of nitrogens with one attached hydrogen (secondary N) is 3. The lowest BCUT2D eigenvalue weighted by Crippen LogP contribution is -2.53. The molecule has 17 heavy (non-hydrogen) atoms. The van der Waals surface area contributed by atoms with Gasteiger partial charge in [0.05, 0.1) is 6.04 Å². The summed E-state index contributed by atoms with van der Waals surface area (Å²) in [5.74, 6) is -0.208. The predicted octanol–water partition coefficient (Wildman–Crippen LogP) is 0.158. The lowest BCUT2D eigenvalue weighted by atomic mass is 10.0. The molecule has 2 amide bonds. The van der Waals surface area contributed by atoms with Crippen LogP contribution in [-0.4, -0.2) is 36.5 Å². The molecule has 5 heteroatoms. The minimum Gasteiger partial charge on any atom is -0.352 e. The SMILES string of the molecule is CC(C)NC(=O)C(C)NC(=O)C1CCCCN1. The number of piperidine rings is 1. The van der Waals surface area contributed by atoms with Crippen LogP contribution in [0.1, 0.15) is 40.0 Å². The van der Waals surface area contributed by atoms with E-state index >= 15 is 0 Å². The van der Waals surface area contributed by atoms with Gasteiger partial charge < -0.3 is 16.0 Å². The van der Waals surface area contributed by atoms with Crippen molar-refractivity contribution in [3.63, 3.8) is 0 Å². The lowest BCUT2D eigenvalue weighted by molar-refractivity contribution is -0.130. The van der Waals surface area contributed by atoms with Crippen LogP contribution in [0.4, 0.5) is 0 Å². The topological polar surface area (TPSA) is 70.2 Å². The van der Waals surface area contributed by atoms with Gasteiger partial charge in [-0.05, 0) is 40.2 Å². The Kier molecular flexibility index (Phi) is 5.41. The molecule has 0 bridgehead atoms. The lowest BCUT2D eigenvalue weighted by Gasteiger charge is -2.24. The number of hydrogen-bond acceptors (Lipinski definition) is 3. The van der Waals surface area contributed by atoms with Crippen molar-refractivity contribution in [1.82, 2.24) is 16.0 Å². The number of amides is 2. The Hall–Kier alpha value is -1.10. The summed E-state index contributed by atoms with van der Waals surface area (Å²) in [5.41, 5.74) is 0. The minimum absolute atomic E-state index is 0.0730. The third-order valence-corrected chi connectivity index (χ3v) is 2.81. The van der Waals surface area contributed by atoms with Gasteiger partial charge in [-0.3, -0.25) is 9.59 Å². The predicted molar refractivity (Wildman–Crippen MR) is 66.5 cm³/mol. The van der Waals surface area contributed by atoms with Gasteiger partial charge in [0.1, 0.15) is 6.04 Å². The first kappa shape index (κ1) is 14.0. The van der Waals surface area contributed by atoms with E-state index in [-0.39, 0.29) is 23.9 Å². The first-order valence-electron chi connectivity index (χ1n) is 6.35. The molecule has 3 N–H and O–H groups in total. The zero-order valence-electron chi connectivity index (χ0n) is 10.9. The monoisotopic (exact) mass is 241 g/mol. The van der Waals surface area contributed by atoms with E-state index in [0.29, 0.717) is 0 Å². The molecule has 1 aliphatic heterocycles. The van der Waals surface area contributed by atoms with Gasteiger partial charge in [-0.2, -0.15) is 0 Å². The molecule has 0 aromatic heterocycles. The summed E-state index contributed by atoms with van der Waals surface area (Å²) in [6, 6.07) is -0.527. The second kappa shape index (κ2) is 6.59. The summed E-state index contributed by atoms with van der Waals surface area (Å²) >= 11 is 0. The van der Waals surface area contributed by atoms with Crippen LogP contribution in [0.3, 0.4) is 0 Å². The van der Waals surface area contributed by atoms with E-state index in [4.69, 9.17) is 0 Å². The number of hydrogen-bond donors (Lipinski definition) is 3. The van der Waals surface area contributed by atoms with Crippen LogP contribution in [-0.2, 0) is 9.59 Å². The van der Waals surface area contributed by atoms with E-state index in [1.54, 1.807) is 6.92 Å². The van der Waals surface area contributed by atoms with Crippen LogP contribution in [0, 0.1) is 0 Å². The van der Waals surface area contributed by atoms with Crippen LogP contribution in [0.2, 0.25) is 0 Å². The van der Waals surface area contributed by atoms with Gasteiger partial charge in [-0.1, -0.05) is 6.42 Å². The smallest absolute Gasteiger partial charge is 0.242 e. The molecule has 98 valence electrons. The maximum atomic E-state index is 11.8. The highest BCUT2D eigenvalue weighted by atomic mass is 16.2. The van der Waals surface area contributed by atoms with Crippen molar-refractivity contribution < 1.29 is 9.59 Å². The summed E-state index contributed by atoms with van der Waals surface area (Å²) in [6.45, 7) is 6.38. The molecule has 0 aromatic rings. The first-order chi connectivity index (χ1) is 8.00. The summed E-state index contributed by atoms with van der Waals surface area (Å²) in [4.78, 5) is 23.5. The average molecular weight is 241 g/mol. The van der Waals surface area contributed by atoms with Crippen molar-refractivity contribution in [3.8, 4) is 0 Å². The minimum atomic E-state index is -0.478. The summed E-state index contributed by atoms with van der Waals surface area (Å²) < 4.78 is 0. The molecular weight excluding hydrogens is 218 g/mol. The summed E-state index contributed by atoms with van der Waals surface area (Å²) in [5, 5.41) is 8.68. The molecule has 1 fully saturated rings. The number of carbonyl (C=O) groups is 2. The van der Waals surface area contributed by atoms with Crippen molar-refractivity contribution in [3.05, 3.63) is 0 Å². The Bertz CT molecular complexity index is 273. The number of rotatable bonds is 4. The molecule has 0 spiro atoms. The van der Waals surface area contributed by atoms with Crippen molar-refractivity contribution in [2.75, 3.05) is 6.54 Å². The fourth-order valence-electron chi connectivity index (χ4n) is 1.86. The first-order valence-corrected chi connectivity index (χ1v) is 6.35. The fourth-order valence-corrected chi connectivity index (χ4v) is 1.86. The van der Waals surface area contributed by atoms with E-state index in [9.17, 15) is 9.59 Å². The van der Waals surface area contributed by atoms with Crippen LogP contribution in [0.5, 0.6) is 0 Å². The van der Waals surface area contributed by atoms with Crippen LogP contribution in [0.15, 0.2) is 0 Å². The fraction of sp³-hybridized carbons (Fsp3) is 0.833. The van der Waals surface area contributed by atoms with Crippen LogP contribution >= 0.6 is 0 Å². The highest BCUT2D eigenvalue weighted by Gasteiger charge is 2.23. The molecule has 1 rings (SSSR count). The zero-order chi connectivity index (χ0) is 12.8. The summed E-state index contributed by atoms with van der Waals surface area (Å²) in [7, 11) is 0. The Labute approximate surface area is 103 Å². The second-order valence-corrected chi connectivity index (χ2v) is 4.90. The summed E-state index contributed by atoms with van der Waals surface area (Å²) in [6.07, 6.45) is 3.04. The van der Waals surface area contributed by atoms with Gasteiger partial charge in [0, 0.05) is 6.04 Å². The van der Waals surface area contributed by atoms with E-state index in [2.05, 4.69) is 16.0 Å². The molecule has 0 aliphatic carbocycles. The van der Waals surface area contributed by atoms with Crippen molar-refractivity contribution in [2.45, 2.75) is 58.2 Å². The van der Waals surface area contributed by atoms with Gasteiger partial charge in [0.15, 0.2) is 0 Å². The van der Waals surface area contributed by atoms with E-state index < -0.39 is 6.04 Å². The highest BCUT2D eigenvalue weighted by Crippen LogP contribution is 2.06. The molecule has 1 saturated heterocycles. The quantitative estimate of drug-likeness (QED) is 0.656. The van der Waals surface area contributed by atoms with Gasteiger partial charge in [-0.15, -0.1) is 0 Å². The Morgan fingerprint density at radius 1 is 1.18 bits per heavy atom. The van der Waals surface area contributed by atoms with Crippen LogP contribution < -0.4 is 16.0 Å². The maximum Gasteiger partial charge on any atom is 0.242 e. The average Bonchev–Trinajstić information content (AvgIpc) is 2.29. The Balaban J connectivity index is 2.36. The van der Waals surface area contributed by atoms with Gasteiger partial charge in [0.2, 0.25) is 11.8 Å². The molecule has 5 nitrogen and oxygen atoms in total. The molecular formula is C12H23N3O2. The molecule has 1 heterocycles. The van der Waals surface area contributed by atoms with Crippen molar-refractivity contribution >= 4 is 11.8 Å². The Morgan fingerprint density at radius 2 is 1.88 bits per heavy atom. The normalized spacial score (nSPS) is 22.0. The Morgan fingerprint density at radius 3 is 2.41 bits per heavy atom. The van der Waals surface area contributed by atoms with Crippen molar-refractivity contribution in [1.29, 1.82) is 0 Å². The molecule has 2 atom stereocenters. The molecule has 0 radical (unpaired) electrons. The van der Waals surface area contributed by atoms with E-state index in [1.165, 1.54) is 0 Å². The molecule has 0 aromatic carbocycles. The standard InChI is InChI=1S/C12H23N3O2/c1-8(2)14-11(16)9(3)15-12(17)10-6-4-5-7-13-10/h8-10,13H,4-7H2,1-3H3,(H,14,16)(H,15,17). The van der Waals surface area contributed by atoms with Gasteiger partial charge in [0.25, 0.3) is 0 Å². The third-order valence-electron chi connectivity index (χ3n) is 2.81. The maximum absolute atomic E-state index is 11.8. The van der Waals surface area contributed by atoms with Gasteiger partial charge >= 0.3 is 0 Å². The van der Waals surface area contributed by atoms with Crippen LogP contribution in [0.25, 0.3) is 0 Å². The zero-order valence-corrected chi connectivity index (χ0v) is 10.9. The van der Waals surface area contributed by atoms with E-state index in [1.807, 2.05) is 13.8 Å². The highest BCUT2D eigenvalue weighted by molar-refractivity contribution is 5.89. The van der Waals surface area contributed by atoms with Crippen molar-refractivity contribution in [2.24, 2.45) is 0 Å². The molecule has 2 unspecified atom stereocenters. The number of carbonyl (C=O) groups excluding carboxylic acids is 2. The third kappa shape index (κ3) is 4.73. The second-order valence-electron chi connectivity index (χ2n) is 4.90.